The van der Waals surface area contributed by atoms with Crippen LogP contribution in [0, 0.1) is 0 Å². The van der Waals surface area contributed by atoms with Crippen LogP contribution in [0.1, 0.15) is 17.3 Å². The maximum absolute atomic E-state index is 11.4. The highest BCUT2D eigenvalue weighted by atomic mass is 16.5. The standard InChI is InChI=1S/C10H10N2O3/c1-2-15-10(14)7-4-8-6(3-9(7)13)5-11-12-8/h3-5,13H,2H2,1H3,(H,11,12). The van der Waals surface area contributed by atoms with E-state index in [-0.39, 0.29) is 17.9 Å². The Morgan fingerprint density at radius 1 is 1.60 bits per heavy atom. The molecule has 0 aliphatic rings. The van der Waals surface area contributed by atoms with Crippen molar-refractivity contribution in [3.8, 4) is 5.75 Å². The van der Waals surface area contributed by atoms with Crippen LogP contribution in [0.5, 0.6) is 5.75 Å². The average molecular weight is 206 g/mol. The van der Waals surface area contributed by atoms with Crippen LogP contribution in [0.4, 0.5) is 0 Å². The number of fused-ring (bicyclic) bond motifs is 1. The molecule has 0 bridgehead atoms. The molecule has 78 valence electrons. The second-order valence-electron chi connectivity index (χ2n) is 3.05. The van der Waals surface area contributed by atoms with Gasteiger partial charge in [-0.3, -0.25) is 5.10 Å². The average Bonchev–Trinajstić information content (AvgIpc) is 2.63. The quantitative estimate of drug-likeness (QED) is 0.729. The molecular formula is C10H10N2O3. The number of esters is 1. The van der Waals surface area contributed by atoms with E-state index in [1.54, 1.807) is 13.1 Å². The monoisotopic (exact) mass is 206 g/mol. The largest absolute Gasteiger partial charge is 0.507 e. The van der Waals surface area contributed by atoms with Crippen molar-refractivity contribution < 1.29 is 14.6 Å². The van der Waals surface area contributed by atoms with E-state index >= 15 is 0 Å². The molecule has 5 nitrogen and oxygen atoms in total. The molecule has 1 aromatic heterocycles. The fourth-order valence-electron chi connectivity index (χ4n) is 1.35. The molecule has 0 aliphatic heterocycles. The van der Waals surface area contributed by atoms with Gasteiger partial charge in [0.1, 0.15) is 11.3 Å². The van der Waals surface area contributed by atoms with Gasteiger partial charge in [-0.25, -0.2) is 4.79 Å². The van der Waals surface area contributed by atoms with Crippen molar-refractivity contribution in [2.75, 3.05) is 6.61 Å². The van der Waals surface area contributed by atoms with Crippen LogP contribution in [-0.2, 0) is 4.74 Å². The topological polar surface area (TPSA) is 75.2 Å². The van der Waals surface area contributed by atoms with E-state index < -0.39 is 5.97 Å². The fraction of sp³-hybridized carbons (Fsp3) is 0.200. The van der Waals surface area contributed by atoms with Gasteiger partial charge in [-0.15, -0.1) is 0 Å². The third kappa shape index (κ3) is 1.63. The number of carbonyl (C=O) groups is 1. The van der Waals surface area contributed by atoms with Crippen molar-refractivity contribution in [2.24, 2.45) is 0 Å². The van der Waals surface area contributed by atoms with Gasteiger partial charge < -0.3 is 9.84 Å². The summed E-state index contributed by atoms with van der Waals surface area (Å²) in [6.45, 7) is 1.99. The number of nitrogens with one attached hydrogen (secondary N) is 1. The number of aromatic hydroxyl groups is 1. The molecule has 5 heteroatoms. The van der Waals surface area contributed by atoms with Crippen molar-refractivity contribution in [3.63, 3.8) is 0 Å². The van der Waals surface area contributed by atoms with Gasteiger partial charge in [0.2, 0.25) is 0 Å². The van der Waals surface area contributed by atoms with E-state index in [9.17, 15) is 9.90 Å². The second kappa shape index (κ2) is 3.61. The van der Waals surface area contributed by atoms with E-state index in [2.05, 4.69) is 10.2 Å². The van der Waals surface area contributed by atoms with E-state index in [0.717, 1.165) is 5.39 Å². The van der Waals surface area contributed by atoms with Crippen LogP contribution >= 0.6 is 0 Å². The number of hydrogen-bond donors (Lipinski definition) is 2. The third-order valence-electron chi connectivity index (χ3n) is 2.05. The maximum Gasteiger partial charge on any atom is 0.341 e. The van der Waals surface area contributed by atoms with E-state index in [1.807, 2.05) is 0 Å². The molecule has 0 spiro atoms. The van der Waals surface area contributed by atoms with Gasteiger partial charge in [0.15, 0.2) is 0 Å². The predicted octanol–water partition coefficient (Wildman–Crippen LogP) is 1.45. The molecule has 1 heterocycles. The van der Waals surface area contributed by atoms with Crippen molar-refractivity contribution in [1.82, 2.24) is 10.2 Å². The Labute approximate surface area is 85.7 Å². The van der Waals surface area contributed by atoms with Crippen LogP contribution in [0.3, 0.4) is 0 Å². The van der Waals surface area contributed by atoms with Gasteiger partial charge in [0.25, 0.3) is 0 Å². The molecule has 1 aromatic carbocycles. The molecular weight excluding hydrogens is 196 g/mol. The number of rotatable bonds is 2. The minimum absolute atomic E-state index is 0.0950. The van der Waals surface area contributed by atoms with Crippen molar-refractivity contribution >= 4 is 16.9 Å². The van der Waals surface area contributed by atoms with Crippen LogP contribution in [0.2, 0.25) is 0 Å². The lowest BCUT2D eigenvalue weighted by molar-refractivity contribution is 0.0523. The molecule has 0 aliphatic carbocycles. The zero-order valence-electron chi connectivity index (χ0n) is 8.15. The second-order valence-corrected chi connectivity index (χ2v) is 3.05. The van der Waals surface area contributed by atoms with Crippen molar-refractivity contribution in [2.45, 2.75) is 6.92 Å². The van der Waals surface area contributed by atoms with Crippen LogP contribution in [-0.4, -0.2) is 27.9 Å². The molecule has 0 saturated heterocycles. The van der Waals surface area contributed by atoms with Gasteiger partial charge in [-0.05, 0) is 19.1 Å². The Morgan fingerprint density at radius 2 is 2.40 bits per heavy atom. The zero-order valence-corrected chi connectivity index (χ0v) is 8.15. The minimum Gasteiger partial charge on any atom is -0.507 e. The van der Waals surface area contributed by atoms with Gasteiger partial charge in [-0.1, -0.05) is 0 Å². The highest BCUT2D eigenvalue weighted by molar-refractivity contribution is 5.97. The number of ether oxygens (including phenoxy) is 1. The normalized spacial score (nSPS) is 10.5. The number of benzene rings is 1. The fourth-order valence-corrected chi connectivity index (χ4v) is 1.35. The summed E-state index contributed by atoms with van der Waals surface area (Å²) in [5, 5.41) is 16.8. The highest BCUT2D eigenvalue weighted by Crippen LogP contribution is 2.24. The van der Waals surface area contributed by atoms with Crippen LogP contribution in [0.15, 0.2) is 18.3 Å². The SMILES string of the molecule is CCOC(=O)c1cc2[nH]ncc2cc1O. The summed E-state index contributed by atoms with van der Waals surface area (Å²) in [6.07, 6.45) is 1.57. The summed E-state index contributed by atoms with van der Waals surface area (Å²) >= 11 is 0. The van der Waals surface area contributed by atoms with Crippen molar-refractivity contribution in [3.05, 3.63) is 23.9 Å². The Kier molecular flexibility index (Phi) is 2.29. The van der Waals surface area contributed by atoms with E-state index in [0.29, 0.717) is 5.52 Å². The number of carbonyl (C=O) groups excluding carboxylic acids is 1. The zero-order chi connectivity index (χ0) is 10.8. The molecule has 0 atom stereocenters. The maximum atomic E-state index is 11.4. The molecule has 0 saturated carbocycles. The number of phenols is 1. The van der Waals surface area contributed by atoms with Crippen molar-refractivity contribution in [1.29, 1.82) is 0 Å². The summed E-state index contributed by atoms with van der Waals surface area (Å²) in [4.78, 5) is 11.4. The van der Waals surface area contributed by atoms with Gasteiger partial charge in [-0.2, -0.15) is 5.10 Å². The lowest BCUT2D eigenvalue weighted by Gasteiger charge is -2.03. The highest BCUT2D eigenvalue weighted by Gasteiger charge is 2.13. The minimum atomic E-state index is -0.536. The summed E-state index contributed by atoms with van der Waals surface area (Å²) in [5.41, 5.74) is 0.837. The first-order valence-electron chi connectivity index (χ1n) is 4.55. The van der Waals surface area contributed by atoms with Crippen LogP contribution < -0.4 is 0 Å². The molecule has 15 heavy (non-hydrogen) atoms. The molecule has 2 rings (SSSR count). The predicted molar refractivity (Wildman–Crippen MR) is 53.7 cm³/mol. The van der Waals surface area contributed by atoms with Gasteiger partial charge >= 0.3 is 5.97 Å². The summed E-state index contributed by atoms with van der Waals surface area (Å²) in [5.74, 6) is -0.631. The van der Waals surface area contributed by atoms with E-state index in [4.69, 9.17) is 4.74 Å². The summed E-state index contributed by atoms with van der Waals surface area (Å²) in [7, 11) is 0. The first kappa shape index (κ1) is 9.51. The number of hydrogen-bond acceptors (Lipinski definition) is 4. The first-order valence-corrected chi connectivity index (χ1v) is 4.55. The lowest BCUT2D eigenvalue weighted by atomic mass is 10.1. The Morgan fingerprint density at radius 3 is 3.13 bits per heavy atom. The molecule has 0 amide bonds. The summed E-state index contributed by atoms with van der Waals surface area (Å²) < 4.78 is 4.80. The van der Waals surface area contributed by atoms with E-state index in [1.165, 1.54) is 12.1 Å². The number of phenolic OH excluding ortho intramolecular Hbond substituents is 1. The Hall–Kier alpha value is -2.04. The number of aromatic nitrogens is 2. The first-order chi connectivity index (χ1) is 7.22. The molecule has 2 aromatic rings. The number of H-pyrrole nitrogens is 1. The lowest BCUT2D eigenvalue weighted by Crippen LogP contribution is -2.04. The van der Waals surface area contributed by atoms with Crippen LogP contribution in [0.25, 0.3) is 10.9 Å². The van der Waals surface area contributed by atoms with Gasteiger partial charge in [0, 0.05) is 5.39 Å². The number of nitrogens with zero attached hydrogens (tertiary/aromatic N) is 1. The third-order valence-corrected chi connectivity index (χ3v) is 2.05. The Balaban J connectivity index is 2.50. The smallest absolute Gasteiger partial charge is 0.341 e. The molecule has 0 fully saturated rings. The summed E-state index contributed by atoms with van der Waals surface area (Å²) in [6, 6.07) is 3.00. The molecule has 0 radical (unpaired) electrons. The van der Waals surface area contributed by atoms with Gasteiger partial charge in [0.05, 0.1) is 18.3 Å². The Bertz CT molecular complexity index is 504. The molecule has 2 N–H and O–H groups in total. The molecule has 0 unspecified atom stereocenters. The number of aromatic amines is 1.